The summed E-state index contributed by atoms with van der Waals surface area (Å²) in [5, 5.41) is 10.7. The number of carboxylic acid groups (broad SMARTS) is 1. The SMILES string of the molecule is COC(=O)c1ccc([C@@H]2C[C@H](C)CCN2Cc2c(OC)cc(C)c3c2ccn3C(=O)O)c2c1CCCC2. The van der Waals surface area contributed by atoms with E-state index in [1.165, 1.54) is 22.8 Å². The van der Waals surface area contributed by atoms with Crippen LogP contribution in [-0.4, -0.2) is 47.4 Å². The lowest BCUT2D eigenvalue weighted by Gasteiger charge is -2.41. The molecule has 0 unspecified atom stereocenters. The molecule has 2 aliphatic rings. The molecule has 0 radical (unpaired) electrons. The summed E-state index contributed by atoms with van der Waals surface area (Å²) in [6.07, 6.45) is 6.88. The maximum Gasteiger partial charge on any atom is 0.416 e. The Morgan fingerprint density at radius 2 is 1.86 bits per heavy atom. The average molecular weight is 505 g/mol. The van der Waals surface area contributed by atoms with Crippen molar-refractivity contribution in [3.63, 3.8) is 0 Å². The Hall–Kier alpha value is -3.32. The molecule has 1 fully saturated rings. The van der Waals surface area contributed by atoms with Gasteiger partial charge in [0.25, 0.3) is 0 Å². The largest absolute Gasteiger partial charge is 0.496 e. The number of aryl methyl sites for hydroxylation is 1. The van der Waals surface area contributed by atoms with Crippen molar-refractivity contribution < 1.29 is 24.2 Å². The number of fused-ring (bicyclic) bond motifs is 2. The van der Waals surface area contributed by atoms with Crippen LogP contribution in [0.5, 0.6) is 5.75 Å². The van der Waals surface area contributed by atoms with Crippen LogP contribution >= 0.6 is 0 Å². The third-order valence-electron chi connectivity index (χ3n) is 8.33. The average Bonchev–Trinajstić information content (AvgIpc) is 3.36. The number of piperidine rings is 1. The lowest BCUT2D eigenvalue weighted by molar-refractivity contribution is 0.0598. The van der Waals surface area contributed by atoms with Crippen molar-refractivity contribution in [2.24, 2.45) is 5.92 Å². The number of likely N-dealkylation sites (tertiary alicyclic amines) is 1. The summed E-state index contributed by atoms with van der Waals surface area (Å²) in [6.45, 7) is 5.85. The van der Waals surface area contributed by atoms with E-state index in [0.717, 1.165) is 72.9 Å². The minimum atomic E-state index is -0.990. The molecule has 0 amide bonds. The van der Waals surface area contributed by atoms with Gasteiger partial charge >= 0.3 is 12.1 Å². The van der Waals surface area contributed by atoms with Crippen LogP contribution in [-0.2, 0) is 24.1 Å². The number of carbonyl (C=O) groups excluding carboxylic acids is 1. The van der Waals surface area contributed by atoms with E-state index in [9.17, 15) is 14.7 Å². The minimum Gasteiger partial charge on any atom is -0.496 e. The Bertz CT molecular complexity index is 1360. The van der Waals surface area contributed by atoms with Crippen molar-refractivity contribution in [3.05, 3.63) is 63.8 Å². The zero-order valence-corrected chi connectivity index (χ0v) is 22.2. The second-order valence-electron chi connectivity index (χ2n) is 10.6. The molecule has 1 aliphatic heterocycles. The fraction of sp³-hybridized carbons (Fsp3) is 0.467. The van der Waals surface area contributed by atoms with E-state index in [4.69, 9.17) is 9.47 Å². The molecule has 1 N–H and O–H groups in total. The molecule has 2 aromatic carbocycles. The van der Waals surface area contributed by atoms with E-state index in [-0.39, 0.29) is 12.0 Å². The zero-order chi connectivity index (χ0) is 26.3. The van der Waals surface area contributed by atoms with Crippen LogP contribution in [0.4, 0.5) is 4.79 Å². The number of aromatic nitrogens is 1. The molecule has 3 aromatic rings. The molecule has 0 spiro atoms. The molecule has 1 aliphatic carbocycles. The highest BCUT2D eigenvalue weighted by molar-refractivity contribution is 5.94. The van der Waals surface area contributed by atoms with Gasteiger partial charge in [-0.25, -0.2) is 9.59 Å². The molecular weight excluding hydrogens is 468 g/mol. The monoisotopic (exact) mass is 504 g/mol. The molecule has 0 saturated carbocycles. The molecule has 7 heteroatoms. The summed E-state index contributed by atoms with van der Waals surface area (Å²) in [6, 6.07) is 8.16. The highest BCUT2D eigenvalue weighted by atomic mass is 16.5. The van der Waals surface area contributed by atoms with Crippen LogP contribution in [0, 0.1) is 12.8 Å². The van der Waals surface area contributed by atoms with Gasteiger partial charge in [-0.1, -0.05) is 13.0 Å². The van der Waals surface area contributed by atoms with E-state index < -0.39 is 6.09 Å². The van der Waals surface area contributed by atoms with E-state index in [1.54, 1.807) is 13.3 Å². The Morgan fingerprint density at radius 3 is 2.57 bits per heavy atom. The van der Waals surface area contributed by atoms with Gasteiger partial charge in [0.2, 0.25) is 0 Å². The number of esters is 1. The molecule has 1 aromatic heterocycles. The first kappa shape index (κ1) is 25.3. The number of carbonyl (C=O) groups is 2. The molecule has 5 rings (SSSR count). The van der Waals surface area contributed by atoms with Crippen LogP contribution in [0.3, 0.4) is 0 Å². The minimum absolute atomic E-state index is 0.213. The summed E-state index contributed by atoms with van der Waals surface area (Å²) in [5.41, 5.74) is 7.10. The maximum atomic E-state index is 12.5. The smallest absolute Gasteiger partial charge is 0.416 e. The van der Waals surface area contributed by atoms with E-state index in [2.05, 4.69) is 17.9 Å². The predicted molar refractivity (Wildman–Crippen MR) is 143 cm³/mol. The van der Waals surface area contributed by atoms with Gasteiger partial charge in [0.1, 0.15) is 5.75 Å². The number of benzene rings is 2. The second-order valence-corrected chi connectivity index (χ2v) is 10.6. The number of hydrogen-bond donors (Lipinski definition) is 1. The van der Waals surface area contributed by atoms with Crippen molar-refractivity contribution in [1.82, 2.24) is 9.47 Å². The third kappa shape index (κ3) is 4.50. The van der Waals surface area contributed by atoms with Gasteiger partial charge < -0.3 is 14.6 Å². The zero-order valence-electron chi connectivity index (χ0n) is 22.2. The summed E-state index contributed by atoms with van der Waals surface area (Å²) in [5.74, 6) is 1.12. The summed E-state index contributed by atoms with van der Waals surface area (Å²) in [7, 11) is 3.12. The number of methoxy groups -OCH3 is 2. The second kappa shape index (κ2) is 10.2. The van der Waals surface area contributed by atoms with Gasteiger partial charge in [-0.15, -0.1) is 0 Å². The summed E-state index contributed by atoms with van der Waals surface area (Å²) < 4.78 is 12.2. The predicted octanol–water partition coefficient (Wildman–Crippen LogP) is 6.12. The van der Waals surface area contributed by atoms with E-state index >= 15 is 0 Å². The van der Waals surface area contributed by atoms with Gasteiger partial charge in [0.05, 0.1) is 25.3 Å². The van der Waals surface area contributed by atoms with Crippen LogP contribution in [0.25, 0.3) is 10.9 Å². The Kier molecular flexibility index (Phi) is 6.99. The van der Waals surface area contributed by atoms with Gasteiger partial charge in [0, 0.05) is 29.7 Å². The molecular formula is C30H36N2O5. The lowest BCUT2D eigenvalue weighted by atomic mass is 9.79. The van der Waals surface area contributed by atoms with Crippen LogP contribution in [0.1, 0.15) is 76.8 Å². The molecule has 2 heterocycles. The fourth-order valence-corrected chi connectivity index (χ4v) is 6.48. The molecule has 0 bridgehead atoms. The van der Waals surface area contributed by atoms with Crippen molar-refractivity contribution in [1.29, 1.82) is 0 Å². The van der Waals surface area contributed by atoms with Gasteiger partial charge in [0.15, 0.2) is 0 Å². The van der Waals surface area contributed by atoms with Crippen molar-refractivity contribution in [2.45, 2.75) is 65.0 Å². The number of hydrogen-bond acceptors (Lipinski definition) is 5. The standard InChI is InChI=1S/C30H36N2O5/c1-18-11-13-31(17-25-23-12-14-32(30(34)35)28(23)19(2)16-27(25)36-3)26(15-18)22-9-10-24(29(33)37-4)21-8-6-5-7-20(21)22/h9-10,12,14,16,18,26H,5-8,11,13,15,17H2,1-4H3,(H,34,35)/t18-,26+/m1/s1. The lowest BCUT2D eigenvalue weighted by Crippen LogP contribution is -2.37. The van der Waals surface area contributed by atoms with Crippen molar-refractivity contribution >= 4 is 23.0 Å². The molecule has 7 nitrogen and oxygen atoms in total. The molecule has 37 heavy (non-hydrogen) atoms. The first-order valence-corrected chi connectivity index (χ1v) is 13.2. The van der Waals surface area contributed by atoms with Gasteiger partial charge in [-0.2, -0.15) is 0 Å². The van der Waals surface area contributed by atoms with Crippen LogP contribution in [0.2, 0.25) is 0 Å². The van der Waals surface area contributed by atoms with Gasteiger partial charge in [-0.05, 0) is 98.4 Å². The maximum absolute atomic E-state index is 12.5. The molecule has 196 valence electrons. The first-order valence-electron chi connectivity index (χ1n) is 13.2. The van der Waals surface area contributed by atoms with Crippen LogP contribution in [0.15, 0.2) is 30.5 Å². The highest BCUT2D eigenvalue weighted by Gasteiger charge is 2.33. The Balaban J connectivity index is 1.59. The normalized spacial score (nSPS) is 20.0. The summed E-state index contributed by atoms with van der Waals surface area (Å²) in [4.78, 5) is 26.9. The van der Waals surface area contributed by atoms with E-state index in [1.807, 2.05) is 25.1 Å². The third-order valence-corrected chi connectivity index (χ3v) is 8.33. The van der Waals surface area contributed by atoms with Gasteiger partial charge in [-0.3, -0.25) is 9.47 Å². The van der Waals surface area contributed by atoms with Crippen molar-refractivity contribution in [3.8, 4) is 5.75 Å². The Morgan fingerprint density at radius 1 is 1.11 bits per heavy atom. The fourth-order valence-electron chi connectivity index (χ4n) is 6.48. The Labute approximate surface area is 218 Å². The number of nitrogens with zero attached hydrogens (tertiary/aromatic N) is 2. The molecule has 1 saturated heterocycles. The number of ether oxygens (including phenoxy) is 2. The van der Waals surface area contributed by atoms with Crippen molar-refractivity contribution in [2.75, 3.05) is 20.8 Å². The van der Waals surface area contributed by atoms with E-state index in [0.29, 0.717) is 23.5 Å². The van der Waals surface area contributed by atoms with Crippen LogP contribution < -0.4 is 4.74 Å². The quantitative estimate of drug-likeness (QED) is 0.422. The first-order chi connectivity index (χ1) is 17.8. The summed E-state index contributed by atoms with van der Waals surface area (Å²) >= 11 is 0. The highest BCUT2D eigenvalue weighted by Crippen LogP contribution is 2.42. The number of rotatable bonds is 5. The molecule has 2 atom stereocenters. The topological polar surface area (TPSA) is 81.0 Å².